The molecule has 2 amide bonds. The lowest BCUT2D eigenvalue weighted by Crippen LogP contribution is -2.47. The van der Waals surface area contributed by atoms with Gasteiger partial charge in [-0.25, -0.2) is 18.2 Å². The van der Waals surface area contributed by atoms with E-state index in [4.69, 9.17) is 0 Å². The summed E-state index contributed by atoms with van der Waals surface area (Å²) < 4.78 is 57.9. The Kier molecular flexibility index (Phi) is 8.21. The van der Waals surface area contributed by atoms with E-state index in [1.54, 1.807) is 49.5 Å². The van der Waals surface area contributed by atoms with Gasteiger partial charge in [0.05, 0.1) is 24.7 Å². The van der Waals surface area contributed by atoms with E-state index in [0.717, 1.165) is 0 Å². The summed E-state index contributed by atoms with van der Waals surface area (Å²) in [6, 6.07) is 11.1. The van der Waals surface area contributed by atoms with Crippen LogP contribution in [-0.2, 0) is 22.6 Å². The monoisotopic (exact) mass is 584 g/mol. The van der Waals surface area contributed by atoms with E-state index in [9.17, 15) is 27.6 Å². The zero-order valence-corrected chi connectivity index (χ0v) is 23.3. The molecule has 1 N–H and O–H groups in total. The molecular formula is C31H32F4N4O3. The first-order chi connectivity index (χ1) is 20.0. The highest BCUT2D eigenvalue weighted by molar-refractivity contribution is 5.89. The quantitative estimate of drug-likeness (QED) is 0.310. The third-order valence-electron chi connectivity index (χ3n) is 8.04. The van der Waals surface area contributed by atoms with Gasteiger partial charge in [0.25, 0.3) is 5.56 Å². The average molecular weight is 585 g/mol. The summed E-state index contributed by atoms with van der Waals surface area (Å²) in [5.74, 6) is -5.42. The van der Waals surface area contributed by atoms with Crippen LogP contribution in [-0.4, -0.2) is 50.9 Å². The lowest BCUT2D eigenvalue weighted by Gasteiger charge is -2.35. The minimum absolute atomic E-state index is 0.0975. The Hall–Kier alpha value is -4.02. The van der Waals surface area contributed by atoms with Crippen LogP contribution in [0.5, 0.6) is 0 Å². The molecule has 5 rings (SSSR count). The van der Waals surface area contributed by atoms with E-state index < -0.39 is 60.7 Å². The maximum Gasteiger partial charge on any atom is 0.253 e. The van der Waals surface area contributed by atoms with Gasteiger partial charge in [-0.05, 0) is 43.0 Å². The van der Waals surface area contributed by atoms with Crippen molar-refractivity contribution in [2.45, 2.75) is 76.2 Å². The second-order valence-electron chi connectivity index (χ2n) is 11.1. The summed E-state index contributed by atoms with van der Waals surface area (Å²) in [6.07, 6.45) is -1.04. The van der Waals surface area contributed by atoms with E-state index in [1.165, 1.54) is 21.6 Å². The number of hydrogen-bond donors (Lipinski definition) is 1. The lowest BCUT2D eigenvalue weighted by atomic mass is 9.77. The largest absolute Gasteiger partial charge is 0.342 e. The van der Waals surface area contributed by atoms with Crippen molar-refractivity contribution in [1.82, 2.24) is 19.8 Å². The van der Waals surface area contributed by atoms with Gasteiger partial charge < -0.3 is 14.8 Å². The van der Waals surface area contributed by atoms with Crippen molar-refractivity contribution in [2.24, 2.45) is 0 Å². The number of nitrogens with one attached hydrogen (secondary N) is 1. The fourth-order valence-corrected chi connectivity index (χ4v) is 5.80. The number of alkyl halides is 3. The van der Waals surface area contributed by atoms with Gasteiger partial charge in [-0.2, -0.15) is 4.39 Å². The molecule has 222 valence electrons. The normalized spacial score (nSPS) is 20.7. The van der Waals surface area contributed by atoms with Crippen molar-refractivity contribution in [3.8, 4) is 0 Å². The molecule has 11 heteroatoms. The zero-order chi connectivity index (χ0) is 30.2. The summed E-state index contributed by atoms with van der Waals surface area (Å²) in [5, 5.41) is 2.82. The van der Waals surface area contributed by atoms with E-state index in [2.05, 4.69) is 10.3 Å². The fourth-order valence-electron chi connectivity index (χ4n) is 5.80. The number of hydrogen-bond acceptors (Lipinski definition) is 4. The second-order valence-corrected chi connectivity index (χ2v) is 11.1. The maximum absolute atomic E-state index is 15.0. The number of rotatable bonds is 8. The number of aromatic nitrogens is 2. The molecule has 1 aromatic carbocycles. The van der Waals surface area contributed by atoms with Crippen molar-refractivity contribution < 1.29 is 27.2 Å². The molecule has 1 saturated carbocycles. The standard InChI is InChI=1S/C31H32F4N4O3/c1-3-38-16-19(11-18(2)30(38)42)12-26(40)39-17-22(32)13-25(39)29(41)37-27(20-7-5-4-6-8-20)24-10-9-23(28(33)36-24)21-14-31(34,35)15-21/h4-11,16,21-22,25,27H,3,12-15,17H2,1-2H3,(H,37,41). The molecule has 0 bridgehead atoms. The highest BCUT2D eigenvalue weighted by atomic mass is 19.3. The average Bonchev–Trinajstić information content (AvgIpc) is 3.34. The molecule has 0 radical (unpaired) electrons. The Morgan fingerprint density at radius 2 is 1.86 bits per heavy atom. The lowest BCUT2D eigenvalue weighted by molar-refractivity contribution is -0.138. The summed E-state index contributed by atoms with van der Waals surface area (Å²) in [4.78, 5) is 44.3. The first kappa shape index (κ1) is 29.5. The molecule has 3 unspecified atom stereocenters. The molecule has 2 aromatic heterocycles. The molecule has 7 nitrogen and oxygen atoms in total. The SMILES string of the molecule is CCn1cc(CC(=O)N2CC(F)CC2C(=O)NC(c2ccccc2)c2ccc(C3CC(F)(F)C3)c(F)n2)cc(C)c1=O. The minimum atomic E-state index is -2.81. The van der Waals surface area contributed by atoms with Crippen LogP contribution < -0.4 is 10.9 Å². The van der Waals surface area contributed by atoms with Crippen LogP contribution in [0, 0.1) is 12.9 Å². The van der Waals surface area contributed by atoms with Gasteiger partial charge in [-0.3, -0.25) is 14.4 Å². The highest BCUT2D eigenvalue weighted by Crippen LogP contribution is 2.48. The van der Waals surface area contributed by atoms with Gasteiger partial charge in [0.15, 0.2) is 0 Å². The van der Waals surface area contributed by atoms with Gasteiger partial charge in [0.2, 0.25) is 23.7 Å². The second kappa shape index (κ2) is 11.7. The Morgan fingerprint density at radius 1 is 1.14 bits per heavy atom. The number of likely N-dealkylation sites (tertiary alicyclic amines) is 1. The van der Waals surface area contributed by atoms with Gasteiger partial charge in [0, 0.05) is 43.1 Å². The Bertz CT molecular complexity index is 1540. The topological polar surface area (TPSA) is 84.3 Å². The Morgan fingerprint density at radius 3 is 2.50 bits per heavy atom. The first-order valence-corrected chi connectivity index (χ1v) is 14.0. The fraction of sp³-hybridized carbons (Fsp3) is 0.419. The Balaban J connectivity index is 1.37. The highest BCUT2D eigenvalue weighted by Gasteiger charge is 2.47. The van der Waals surface area contributed by atoms with Crippen molar-refractivity contribution in [3.63, 3.8) is 0 Å². The Labute approximate surface area is 240 Å². The number of aryl methyl sites for hydroxylation is 2. The maximum atomic E-state index is 15.0. The van der Waals surface area contributed by atoms with Gasteiger partial charge in [-0.1, -0.05) is 36.4 Å². The molecule has 1 aliphatic heterocycles. The third-order valence-corrected chi connectivity index (χ3v) is 8.04. The van der Waals surface area contributed by atoms with Gasteiger partial charge in [0.1, 0.15) is 12.2 Å². The third kappa shape index (κ3) is 6.10. The van der Waals surface area contributed by atoms with E-state index in [1.807, 2.05) is 6.92 Å². The van der Waals surface area contributed by atoms with Crippen LogP contribution >= 0.6 is 0 Å². The number of carbonyl (C=O) groups excluding carboxylic acids is 2. The molecule has 2 aliphatic rings. The summed E-state index contributed by atoms with van der Waals surface area (Å²) in [5.41, 5.74) is 1.71. The smallest absolute Gasteiger partial charge is 0.253 e. The van der Waals surface area contributed by atoms with Gasteiger partial charge in [-0.15, -0.1) is 0 Å². The number of amides is 2. The molecule has 3 aromatic rings. The van der Waals surface area contributed by atoms with Crippen molar-refractivity contribution >= 4 is 11.8 Å². The van der Waals surface area contributed by atoms with Crippen LogP contribution in [0.4, 0.5) is 17.6 Å². The molecule has 1 aliphatic carbocycles. The molecule has 2 fully saturated rings. The number of halogens is 4. The number of carbonyl (C=O) groups is 2. The van der Waals surface area contributed by atoms with Crippen LogP contribution in [0.1, 0.15) is 66.1 Å². The van der Waals surface area contributed by atoms with Crippen molar-refractivity contribution in [1.29, 1.82) is 0 Å². The molecule has 42 heavy (non-hydrogen) atoms. The first-order valence-electron chi connectivity index (χ1n) is 14.0. The summed E-state index contributed by atoms with van der Waals surface area (Å²) >= 11 is 0. The summed E-state index contributed by atoms with van der Waals surface area (Å²) in [6.45, 7) is 3.63. The molecule has 3 heterocycles. The van der Waals surface area contributed by atoms with E-state index in [0.29, 0.717) is 23.2 Å². The molecule has 1 saturated heterocycles. The minimum Gasteiger partial charge on any atom is -0.342 e. The number of pyridine rings is 2. The van der Waals surface area contributed by atoms with Crippen molar-refractivity contribution in [3.05, 3.63) is 99.0 Å². The summed E-state index contributed by atoms with van der Waals surface area (Å²) in [7, 11) is 0. The number of benzene rings is 1. The van der Waals surface area contributed by atoms with E-state index >= 15 is 4.39 Å². The van der Waals surface area contributed by atoms with Crippen molar-refractivity contribution in [2.75, 3.05) is 6.54 Å². The van der Waals surface area contributed by atoms with E-state index in [-0.39, 0.29) is 36.2 Å². The molecule has 3 atom stereocenters. The predicted octanol–water partition coefficient (Wildman–Crippen LogP) is 4.61. The van der Waals surface area contributed by atoms with Gasteiger partial charge >= 0.3 is 0 Å². The molecule has 0 spiro atoms. The van der Waals surface area contributed by atoms with Crippen LogP contribution in [0.25, 0.3) is 0 Å². The van der Waals surface area contributed by atoms with Crippen LogP contribution in [0.2, 0.25) is 0 Å². The predicted molar refractivity (Wildman–Crippen MR) is 147 cm³/mol. The van der Waals surface area contributed by atoms with Crippen LogP contribution in [0.15, 0.2) is 59.5 Å². The zero-order valence-electron chi connectivity index (χ0n) is 23.3. The molecular weight excluding hydrogens is 552 g/mol. The number of nitrogens with zero attached hydrogens (tertiary/aromatic N) is 3. The van der Waals surface area contributed by atoms with Crippen LogP contribution in [0.3, 0.4) is 0 Å².